The van der Waals surface area contributed by atoms with Crippen molar-refractivity contribution < 1.29 is 9.47 Å². The van der Waals surface area contributed by atoms with Gasteiger partial charge in [-0.05, 0) is 29.5 Å². The summed E-state index contributed by atoms with van der Waals surface area (Å²) < 4.78 is 11.4. The zero-order valence-corrected chi connectivity index (χ0v) is 15.7. The van der Waals surface area contributed by atoms with E-state index in [9.17, 15) is 0 Å². The topological polar surface area (TPSA) is 30.5 Å². The van der Waals surface area contributed by atoms with Crippen molar-refractivity contribution in [2.45, 2.75) is 66.3 Å². The molecule has 0 atom stereocenters. The predicted octanol–water partition coefficient (Wildman–Crippen LogP) is 5.18. The van der Waals surface area contributed by atoms with Crippen LogP contribution in [-0.2, 0) is 6.54 Å². The molecular formula is C20H35NO2. The van der Waals surface area contributed by atoms with Crippen LogP contribution in [0.3, 0.4) is 0 Å². The van der Waals surface area contributed by atoms with Crippen LogP contribution in [0.25, 0.3) is 0 Å². The second-order valence-electron chi connectivity index (χ2n) is 7.41. The van der Waals surface area contributed by atoms with E-state index in [-0.39, 0.29) is 0 Å². The van der Waals surface area contributed by atoms with Gasteiger partial charge in [-0.2, -0.15) is 0 Å². The lowest BCUT2D eigenvalue weighted by molar-refractivity contribution is 0.284. The van der Waals surface area contributed by atoms with E-state index in [0.717, 1.165) is 37.6 Å². The summed E-state index contributed by atoms with van der Waals surface area (Å²) in [7, 11) is 1.70. The van der Waals surface area contributed by atoms with E-state index in [1.807, 2.05) is 6.07 Å². The Morgan fingerprint density at radius 2 is 1.74 bits per heavy atom. The van der Waals surface area contributed by atoms with Gasteiger partial charge in [0.25, 0.3) is 0 Å². The molecule has 0 fully saturated rings. The first kappa shape index (κ1) is 19.8. The number of rotatable bonds is 11. The summed E-state index contributed by atoms with van der Waals surface area (Å²) in [6.07, 6.45) is 6.25. The van der Waals surface area contributed by atoms with Crippen molar-refractivity contribution in [1.82, 2.24) is 5.32 Å². The third-order valence-electron chi connectivity index (χ3n) is 3.72. The van der Waals surface area contributed by atoms with Crippen molar-refractivity contribution in [1.29, 1.82) is 0 Å². The lowest BCUT2D eigenvalue weighted by Gasteiger charge is -2.19. The molecule has 0 bridgehead atoms. The van der Waals surface area contributed by atoms with Crippen LogP contribution in [0, 0.1) is 5.41 Å². The minimum atomic E-state index is 0.297. The van der Waals surface area contributed by atoms with Gasteiger partial charge in [-0.1, -0.05) is 59.4 Å². The second kappa shape index (κ2) is 10.5. The Labute approximate surface area is 142 Å². The van der Waals surface area contributed by atoms with Crippen LogP contribution >= 0.6 is 0 Å². The maximum atomic E-state index is 5.88. The van der Waals surface area contributed by atoms with Crippen LogP contribution in [0.1, 0.15) is 65.4 Å². The average molecular weight is 322 g/mol. The largest absolute Gasteiger partial charge is 0.493 e. The van der Waals surface area contributed by atoms with Crippen LogP contribution < -0.4 is 14.8 Å². The first-order valence-corrected chi connectivity index (χ1v) is 8.96. The van der Waals surface area contributed by atoms with Gasteiger partial charge in [0.2, 0.25) is 0 Å². The van der Waals surface area contributed by atoms with Gasteiger partial charge in [-0.25, -0.2) is 0 Å². The van der Waals surface area contributed by atoms with Gasteiger partial charge in [-0.3, -0.25) is 0 Å². The van der Waals surface area contributed by atoms with Gasteiger partial charge in [0.05, 0.1) is 13.7 Å². The van der Waals surface area contributed by atoms with Gasteiger partial charge >= 0.3 is 0 Å². The summed E-state index contributed by atoms with van der Waals surface area (Å²) in [6.45, 7) is 11.5. The highest BCUT2D eigenvalue weighted by molar-refractivity contribution is 5.42. The fourth-order valence-corrected chi connectivity index (χ4v) is 2.41. The fourth-order valence-electron chi connectivity index (χ4n) is 2.41. The molecule has 0 aliphatic rings. The Kier molecular flexibility index (Phi) is 9.08. The van der Waals surface area contributed by atoms with E-state index in [1.54, 1.807) is 7.11 Å². The van der Waals surface area contributed by atoms with Gasteiger partial charge in [0, 0.05) is 13.1 Å². The fraction of sp³-hybridized carbons (Fsp3) is 0.700. The van der Waals surface area contributed by atoms with Crippen molar-refractivity contribution >= 4 is 0 Å². The molecule has 0 heterocycles. The number of hydrogen-bond acceptors (Lipinski definition) is 3. The minimum absolute atomic E-state index is 0.297. The number of nitrogens with one attached hydrogen (secondary N) is 1. The quantitative estimate of drug-likeness (QED) is 0.570. The van der Waals surface area contributed by atoms with E-state index in [2.05, 4.69) is 45.1 Å². The highest BCUT2D eigenvalue weighted by atomic mass is 16.5. The zero-order valence-electron chi connectivity index (χ0n) is 15.7. The molecule has 0 aliphatic heterocycles. The van der Waals surface area contributed by atoms with E-state index < -0.39 is 0 Å². The van der Waals surface area contributed by atoms with Gasteiger partial charge in [-0.15, -0.1) is 0 Å². The van der Waals surface area contributed by atoms with Gasteiger partial charge in [0.15, 0.2) is 11.5 Å². The summed E-state index contributed by atoms with van der Waals surface area (Å²) in [5, 5.41) is 3.49. The zero-order chi connectivity index (χ0) is 17.1. The lowest BCUT2D eigenvalue weighted by atomic mass is 9.97. The Balaban J connectivity index is 2.42. The normalized spacial score (nSPS) is 11.5. The van der Waals surface area contributed by atoms with Gasteiger partial charge in [0.1, 0.15) is 0 Å². The molecule has 0 saturated carbocycles. The molecular weight excluding hydrogens is 286 g/mol. The third-order valence-corrected chi connectivity index (χ3v) is 3.72. The molecule has 1 aromatic rings. The van der Waals surface area contributed by atoms with E-state index in [4.69, 9.17) is 9.47 Å². The number of methoxy groups -OCH3 is 1. The molecule has 23 heavy (non-hydrogen) atoms. The molecule has 1 rings (SSSR count). The molecule has 0 radical (unpaired) electrons. The number of hydrogen-bond donors (Lipinski definition) is 1. The smallest absolute Gasteiger partial charge is 0.161 e. The summed E-state index contributed by atoms with van der Waals surface area (Å²) >= 11 is 0. The maximum absolute atomic E-state index is 5.88. The first-order valence-electron chi connectivity index (χ1n) is 8.96. The van der Waals surface area contributed by atoms with E-state index in [1.165, 1.54) is 31.2 Å². The highest BCUT2D eigenvalue weighted by Crippen LogP contribution is 2.28. The Morgan fingerprint density at radius 1 is 1.00 bits per heavy atom. The molecule has 0 spiro atoms. The second-order valence-corrected chi connectivity index (χ2v) is 7.41. The molecule has 0 amide bonds. The van der Waals surface area contributed by atoms with Crippen LogP contribution in [0.15, 0.2) is 18.2 Å². The van der Waals surface area contributed by atoms with E-state index in [0.29, 0.717) is 5.41 Å². The number of ether oxygens (including phenoxy) is 2. The molecule has 3 heteroatoms. The Bertz CT molecular complexity index is 438. The molecule has 132 valence electrons. The number of benzene rings is 1. The monoisotopic (exact) mass is 321 g/mol. The highest BCUT2D eigenvalue weighted by Gasteiger charge is 2.10. The molecule has 1 aromatic carbocycles. The van der Waals surface area contributed by atoms with Crippen LogP contribution in [0.4, 0.5) is 0 Å². The molecule has 0 saturated heterocycles. The summed E-state index contributed by atoms with van der Waals surface area (Å²) in [5.74, 6) is 1.68. The van der Waals surface area contributed by atoms with Crippen molar-refractivity contribution in [3.63, 3.8) is 0 Å². The summed E-state index contributed by atoms with van der Waals surface area (Å²) in [5.41, 5.74) is 1.52. The average Bonchev–Trinajstić information content (AvgIpc) is 2.50. The summed E-state index contributed by atoms with van der Waals surface area (Å²) in [6, 6.07) is 6.21. The first-order chi connectivity index (χ1) is 11.0. The molecule has 0 unspecified atom stereocenters. The van der Waals surface area contributed by atoms with Crippen LogP contribution in [0.2, 0.25) is 0 Å². The molecule has 0 aliphatic carbocycles. The third kappa shape index (κ3) is 8.85. The molecule has 1 N–H and O–H groups in total. The minimum Gasteiger partial charge on any atom is -0.493 e. The van der Waals surface area contributed by atoms with E-state index >= 15 is 0 Å². The van der Waals surface area contributed by atoms with Crippen LogP contribution in [-0.4, -0.2) is 20.3 Å². The SMILES string of the molecule is CCCCCCCOc1ccc(CNCC(C)(C)C)cc1OC. The Morgan fingerprint density at radius 3 is 2.39 bits per heavy atom. The molecule has 3 nitrogen and oxygen atoms in total. The van der Waals surface area contributed by atoms with Crippen LogP contribution in [0.5, 0.6) is 11.5 Å². The standard InChI is InChI=1S/C20H35NO2/c1-6-7-8-9-10-13-23-18-12-11-17(14-19(18)22-5)15-21-16-20(2,3)4/h11-12,14,21H,6-10,13,15-16H2,1-5H3. The molecule has 0 aromatic heterocycles. The van der Waals surface area contributed by atoms with Crippen molar-refractivity contribution in [3.8, 4) is 11.5 Å². The summed E-state index contributed by atoms with van der Waals surface area (Å²) in [4.78, 5) is 0. The van der Waals surface area contributed by atoms with Crippen molar-refractivity contribution in [2.24, 2.45) is 5.41 Å². The number of unbranched alkanes of at least 4 members (excludes halogenated alkanes) is 4. The van der Waals surface area contributed by atoms with Crippen molar-refractivity contribution in [2.75, 3.05) is 20.3 Å². The van der Waals surface area contributed by atoms with Crippen molar-refractivity contribution in [3.05, 3.63) is 23.8 Å². The Hall–Kier alpha value is -1.22. The lowest BCUT2D eigenvalue weighted by Crippen LogP contribution is -2.26. The maximum Gasteiger partial charge on any atom is 0.161 e. The van der Waals surface area contributed by atoms with Gasteiger partial charge < -0.3 is 14.8 Å². The predicted molar refractivity (Wildman–Crippen MR) is 98.4 cm³/mol.